The summed E-state index contributed by atoms with van der Waals surface area (Å²) in [4.78, 5) is 11.4. The van der Waals surface area contributed by atoms with E-state index >= 15 is 0 Å². The number of nitrogens with two attached hydrogens (primary N) is 1. The van der Waals surface area contributed by atoms with Gasteiger partial charge in [0, 0.05) is 18.7 Å². The van der Waals surface area contributed by atoms with Gasteiger partial charge in [0.2, 0.25) is 0 Å². The monoisotopic (exact) mass is 300 g/mol. The second kappa shape index (κ2) is 7.30. The smallest absolute Gasteiger partial charge is 0.257 e. The second-order valence-corrected chi connectivity index (χ2v) is 3.87. The highest BCUT2D eigenvalue weighted by Crippen LogP contribution is 2.19. The van der Waals surface area contributed by atoms with Crippen molar-refractivity contribution in [2.24, 2.45) is 5.73 Å². The van der Waals surface area contributed by atoms with Gasteiger partial charge in [0.15, 0.2) is 23.3 Å². The number of amides is 1. The number of rotatable bonds is 4. The van der Waals surface area contributed by atoms with E-state index < -0.39 is 34.7 Å². The van der Waals surface area contributed by atoms with E-state index in [4.69, 9.17) is 5.73 Å². The lowest BCUT2D eigenvalue weighted by Gasteiger charge is -2.09. The van der Waals surface area contributed by atoms with Crippen LogP contribution in [0.2, 0.25) is 0 Å². The predicted molar refractivity (Wildman–Crippen MR) is 64.1 cm³/mol. The summed E-state index contributed by atoms with van der Waals surface area (Å²) in [7, 11) is 0. The van der Waals surface area contributed by atoms with Gasteiger partial charge in [0.25, 0.3) is 5.91 Å². The normalized spacial score (nSPS) is 11.7. The first-order chi connectivity index (χ1) is 8.34. The number of halogens is 5. The lowest BCUT2D eigenvalue weighted by molar-refractivity contribution is 0.0942. The zero-order valence-electron chi connectivity index (χ0n) is 9.97. The molecule has 0 aliphatic carbocycles. The summed E-state index contributed by atoms with van der Waals surface area (Å²) in [5, 5.41) is 2.13. The molecule has 0 aromatic heterocycles. The van der Waals surface area contributed by atoms with Crippen LogP contribution in [-0.4, -0.2) is 18.5 Å². The summed E-state index contributed by atoms with van der Waals surface area (Å²) in [6.07, 6.45) is 0.368. The van der Waals surface area contributed by atoms with Gasteiger partial charge in [-0.2, -0.15) is 0 Å². The molecule has 1 amide bonds. The minimum Gasteiger partial charge on any atom is -0.352 e. The molecule has 0 bridgehead atoms. The van der Waals surface area contributed by atoms with Gasteiger partial charge in [-0.1, -0.05) is 0 Å². The number of carbonyl (C=O) groups excluding carboxylic acids is 1. The van der Waals surface area contributed by atoms with Crippen LogP contribution in [0.3, 0.4) is 0 Å². The van der Waals surface area contributed by atoms with Gasteiger partial charge < -0.3 is 11.1 Å². The summed E-state index contributed by atoms with van der Waals surface area (Å²) in [5.41, 5.74) is 4.14. The number of hydrogen-bond donors (Lipinski definition) is 2. The molecule has 0 radical (unpaired) electrons. The molecule has 0 aliphatic heterocycles. The Hall–Kier alpha value is -1.34. The highest BCUT2D eigenvalue weighted by molar-refractivity contribution is 5.94. The van der Waals surface area contributed by atoms with Crippen molar-refractivity contribution in [1.29, 1.82) is 0 Å². The molecule has 0 saturated carbocycles. The van der Waals surface area contributed by atoms with E-state index in [2.05, 4.69) is 5.32 Å². The minimum atomic E-state index is -1.72. The molecular weight excluding hydrogens is 288 g/mol. The molecule has 1 rings (SSSR count). The van der Waals surface area contributed by atoms with Crippen molar-refractivity contribution in [1.82, 2.24) is 5.32 Å². The third-order valence-corrected chi connectivity index (χ3v) is 2.22. The zero-order valence-corrected chi connectivity index (χ0v) is 10.8. The number of nitrogens with one attached hydrogen (secondary N) is 1. The topological polar surface area (TPSA) is 55.1 Å². The minimum absolute atomic E-state index is 0. The van der Waals surface area contributed by atoms with Gasteiger partial charge in [0.05, 0.1) is 0 Å². The van der Waals surface area contributed by atoms with E-state index in [1.807, 2.05) is 0 Å². The van der Waals surface area contributed by atoms with E-state index in [0.717, 1.165) is 0 Å². The maximum Gasteiger partial charge on any atom is 0.257 e. The summed E-state index contributed by atoms with van der Waals surface area (Å²) in [6, 6.07) is -0.173. The molecule has 1 atom stereocenters. The van der Waals surface area contributed by atoms with Crippen molar-refractivity contribution < 1.29 is 22.4 Å². The van der Waals surface area contributed by atoms with Gasteiger partial charge in [-0.3, -0.25) is 4.79 Å². The number of benzene rings is 1. The summed E-state index contributed by atoms with van der Waals surface area (Å²) in [5.74, 6) is -7.89. The molecule has 0 heterocycles. The largest absolute Gasteiger partial charge is 0.352 e. The van der Waals surface area contributed by atoms with Crippen LogP contribution < -0.4 is 11.1 Å². The molecule has 0 aliphatic rings. The molecule has 0 fully saturated rings. The molecule has 0 spiro atoms. The van der Waals surface area contributed by atoms with E-state index in [1.165, 1.54) is 0 Å². The second-order valence-electron chi connectivity index (χ2n) is 3.87. The Labute approximate surface area is 113 Å². The van der Waals surface area contributed by atoms with E-state index in [9.17, 15) is 22.4 Å². The van der Waals surface area contributed by atoms with Crippen LogP contribution in [0.5, 0.6) is 0 Å². The summed E-state index contributed by atoms with van der Waals surface area (Å²) >= 11 is 0. The summed E-state index contributed by atoms with van der Waals surface area (Å²) in [6.45, 7) is 1.72. The van der Waals surface area contributed by atoms with Crippen molar-refractivity contribution in [3.8, 4) is 0 Å². The van der Waals surface area contributed by atoms with Gasteiger partial charge in [-0.05, 0) is 13.3 Å². The van der Waals surface area contributed by atoms with Crippen LogP contribution in [0, 0.1) is 23.3 Å². The Bertz CT molecular complexity index is 442. The molecule has 1 aromatic rings. The third-order valence-electron chi connectivity index (χ3n) is 2.22. The Morgan fingerprint density at radius 1 is 1.26 bits per heavy atom. The molecule has 19 heavy (non-hydrogen) atoms. The SMILES string of the molecule is CC(N)CCNC(=O)c1c(F)c(F)cc(F)c1F.Cl. The van der Waals surface area contributed by atoms with Crippen LogP contribution in [0.25, 0.3) is 0 Å². The average Bonchev–Trinajstić information content (AvgIpc) is 2.26. The fourth-order valence-electron chi connectivity index (χ4n) is 1.27. The summed E-state index contributed by atoms with van der Waals surface area (Å²) < 4.78 is 52.1. The predicted octanol–water partition coefficient (Wildman–Crippen LogP) is 2.13. The quantitative estimate of drug-likeness (QED) is 0.661. The molecule has 0 saturated heterocycles. The van der Waals surface area contributed by atoms with Crippen molar-refractivity contribution >= 4 is 18.3 Å². The number of hydrogen-bond acceptors (Lipinski definition) is 2. The molecule has 108 valence electrons. The van der Waals surface area contributed by atoms with Gasteiger partial charge in [-0.25, -0.2) is 17.6 Å². The van der Waals surface area contributed by atoms with Crippen molar-refractivity contribution in [3.63, 3.8) is 0 Å². The average molecular weight is 301 g/mol. The molecule has 3 nitrogen and oxygen atoms in total. The lowest BCUT2D eigenvalue weighted by atomic mass is 10.1. The highest BCUT2D eigenvalue weighted by Gasteiger charge is 2.24. The van der Waals surface area contributed by atoms with Gasteiger partial charge in [-0.15, -0.1) is 12.4 Å². The molecule has 8 heteroatoms. The lowest BCUT2D eigenvalue weighted by Crippen LogP contribution is -2.30. The Kier molecular flexibility index (Phi) is 6.78. The van der Waals surface area contributed by atoms with Crippen molar-refractivity contribution in [2.45, 2.75) is 19.4 Å². The highest BCUT2D eigenvalue weighted by atomic mass is 35.5. The maximum atomic E-state index is 13.2. The molecular formula is C11H13ClF4N2O. The fourth-order valence-corrected chi connectivity index (χ4v) is 1.27. The van der Waals surface area contributed by atoms with Crippen LogP contribution in [0.15, 0.2) is 6.07 Å². The van der Waals surface area contributed by atoms with Crippen LogP contribution in [-0.2, 0) is 0 Å². The first-order valence-corrected chi connectivity index (χ1v) is 5.21. The van der Waals surface area contributed by atoms with Crippen molar-refractivity contribution in [3.05, 3.63) is 34.9 Å². The zero-order chi connectivity index (χ0) is 13.9. The first kappa shape index (κ1) is 17.7. The van der Waals surface area contributed by atoms with Crippen molar-refractivity contribution in [2.75, 3.05) is 6.54 Å². The Morgan fingerprint density at radius 2 is 1.74 bits per heavy atom. The number of carbonyl (C=O) groups is 1. The van der Waals surface area contributed by atoms with E-state index in [0.29, 0.717) is 6.42 Å². The Morgan fingerprint density at radius 3 is 2.16 bits per heavy atom. The third kappa shape index (κ3) is 4.36. The molecule has 3 N–H and O–H groups in total. The van der Waals surface area contributed by atoms with Gasteiger partial charge >= 0.3 is 0 Å². The van der Waals surface area contributed by atoms with Crippen LogP contribution in [0.1, 0.15) is 23.7 Å². The maximum absolute atomic E-state index is 13.2. The molecule has 1 unspecified atom stereocenters. The molecule has 1 aromatic carbocycles. The fraction of sp³-hybridized carbons (Fsp3) is 0.364. The Balaban J connectivity index is 0.00000324. The standard InChI is InChI=1S/C11H12F4N2O.ClH/c1-5(16)2-3-17-11(18)8-9(14)6(12)4-7(13)10(8)15;/h4-5H,2-3,16H2,1H3,(H,17,18);1H. The van der Waals surface area contributed by atoms with E-state index in [-0.39, 0.29) is 31.1 Å². The van der Waals surface area contributed by atoms with Gasteiger partial charge in [0.1, 0.15) is 5.56 Å². The first-order valence-electron chi connectivity index (χ1n) is 5.21. The van der Waals surface area contributed by atoms with Crippen LogP contribution >= 0.6 is 12.4 Å². The van der Waals surface area contributed by atoms with E-state index in [1.54, 1.807) is 6.92 Å². The van der Waals surface area contributed by atoms with Crippen LogP contribution in [0.4, 0.5) is 17.6 Å².